The molecule has 0 N–H and O–H groups in total. The van der Waals surface area contributed by atoms with E-state index in [1.807, 2.05) is 0 Å². The SMILES string of the molecule is CC1(C)c2ccccc2-c2ccc(N(c3cccc(-c4ccccc4)c3)c3cccc(-c4ccc(-c5ccccc5)cc4)c3-c3cc4ccccc4c4ccccc34)cc21. The third-order valence-electron chi connectivity index (χ3n) is 12.7. The van der Waals surface area contributed by atoms with E-state index in [1.54, 1.807) is 0 Å². The van der Waals surface area contributed by atoms with Crippen molar-refractivity contribution in [2.45, 2.75) is 19.3 Å². The fourth-order valence-electron chi connectivity index (χ4n) is 9.70. The highest BCUT2D eigenvalue weighted by atomic mass is 15.1. The average molecular weight is 766 g/mol. The van der Waals surface area contributed by atoms with Crippen molar-refractivity contribution in [1.82, 2.24) is 0 Å². The number of hydrogen-bond donors (Lipinski definition) is 0. The van der Waals surface area contributed by atoms with Crippen molar-refractivity contribution in [1.29, 1.82) is 0 Å². The van der Waals surface area contributed by atoms with Crippen molar-refractivity contribution in [2.24, 2.45) is 0 Å². The number of hydrogen-bond acceptors (Lipinski definition) is 1. The Morgan fingerprint density at radius 2 is 0.867 bits per heavy atom. The summed E-state index contributed by atoms with van der Waals surface area (Å²) in [5.74, 6) is 0. The fraction of sp³-hybridized carbons (Fsp3) is 0.0508. The third-order valence-corrected chi connectivity index (χ3v) is 12.7. The molecule has 0 amide bonds. The van der Waals surface area contributed by atoms with Gasteiger partial charge in [0.2, 0.25) is 0 Å². The van der Waals surface area contributed by atoms with Gasteiger partial charge < -0.3 is 4.90 Å². The molecule has 0 bridgehead atoms. The van der Waals surface area contributed by atoms with Gasteiger partial charge in [0.25, 0.3) is 0 Å². The first-order chi connectivity index (χ1) is 29.5. The smallest absolute Gasteiger partial charge is 0.0546 e. The van der Waals surface area contributed by atoms with Gasteiger partial charge in [0.15, 0.2) is 0 Å². The van der Waals surface area contributed by atoms with E-state index in [4.69, 9.17) is 0 Å². The van der Waals surface area contributed by atoms with Gasteiger partial charge in [-0.2, -0.15) is 0 Å². The zero-order chi connectivity index (χ0) is 40.2. The summed E-state index contributed by atoms with van der Waals surface area (Å²) in [6.07, 6.45) is 0. The Morgan fingerprint density at radius 3 is 1.65 bits per heavy atom. The van der Waals surface area contributed by atoms with Crippen LogP contribution in [0.15, 0.2) is 224 Å². The Hall–Kier alpha value is -7.48. The van der Waals surface area contributed by atoms with Gasteiger partial charge in [-0.05, 0) is 119 Å². The Morgan fingerprint density at radius 1 is 0.317 bits per heavy atom. The van der Waals surface area contributed by atoms with Crippen molar-refractivity contribution in [3.8, 4) is 55.6 Å². The highest BCUT2D eigenvalue weighted by Gasteiger charge is 2.36. The maximum atomic E-state index is 2.51. The molecule has 10 aromatic rings. The number of benzene rings is 10. The minimum atomic E-state index is -0.154. The monoisotopic (exact) mass is 765 g/mol. The predicted molar refractivity (Wildman–Crippen MR) is 255 cm³/mol. The van der Waals surface area contributed by atoms with Gasteiger partial charge in [-0.15, -0.1) is 0 Å². The Kier molecular flexibility index (Phi) is 8.57. The van der Waals surface area contributed by atoms with Crippen LogP contribution in [0.2, 0.25) is 0 Å². The van der Waals surface area contributed by atoms with Crippen LogP contribution >= 0.6 is 0 Å². The highest BCUT2D eigenvalue weighted by Crippen LogP contribution is 2.53. The van der Waals surface area contributed by atoms with Crippen LogP contribution in [-0.4, -0.2) is 0 Å². The number of fused-ring (bicyclic) bond motifs is 6. The maximum Gasteiger partial charge on any atom is 0.0546 e. The van der Waals surface area contributed by atoms with Crippen molar-refractivity contribution in [2.75, 3.05) is 4.90 Å². The summed E-state index contributed by atoms with van der Waals surface area (Å²) in [5.41, 5.74) is 18.1. The minimum absolute atomic E-state index is 0.154. The van der Waals surface area contributed by atoms with E-state index < -0.39 is 0 Å². The molecule has 0 aliphatic heterocycles. The second-order valence-corrected chi connectivity index (χ2v) is 16.5. The lowest BCUT2D eigenvalue weighted by Crippen LogP contribution is -2.17. The van der Waals surface area contributed by atoms with Crippen LogP contribution in [0.1, 0.15) is 25.0 Å². The molecule has 1 nitrogen and oxygen atoms in total. The summed E-state index contributed by atoms with van der Waals surface area (Å²) in [5, 5.41) is 4.96. The van der Waals surface area contributed by atoms with Crippen molar-refractivity contribution in [3.05, 3.63) is 236 Å². The lowest BCUT2D eigenvalue weighted by atomic mass is 9.82. The van der Waals surface area contributed by atoms with Crippen LogP contribution in [-0.2, 0) is 5.41 Å². The van der Waals surface area contributed by atoms with Crippen LogP contribution in [0, 0.1) is 0 Å². The second kappa shape index (κ2) is 14.4. The summed E-state index contributed by atoms with van der Waals surface area (Å²) in [4.78, 5) is 2.51. The van der Waals surface area contributed by atoms with E-state index in [0.717, 1.165) is 17.1 Å². The fourth-order valence-corrected chi connectivity index (χ4v) is 9.70. The van der Waals surface area contributed by atoms with Gasteiger partial charge >= 0.3 is 0 Å². The third kappa shape index (κ3) is 5.93. The van der Waals surface area contributed by atoms with Crippen LogP contribution in [0.25, 0.3) is 77.2 Å². The summed E-state index contributed by atoms with van der Waals surface area (Å²) < 4.78 is 0. The van der Waals surface area contributed by atoms with Crippen LogP contribution in [0.5, 0.6) is 0 Å². The second-order valence-electron chi connectivity index (χ2n) is 16.5. The minimum Gasteiger partial charge on any atom is -0.310 e. The number of rotatable bonds is 7. The molecule has 11 rings (SSSR count). The van der Waals surface area contributed by atoms with Gasteiger partial charge in [-0.25, -0.2) is 0 Å². The molecule has 0 heterocycles. The maximum absolute atomic E-state index is 2.51. The van der Waals surface area contributed by atoms with Crippen molar-refractivity contribution >= 4 is 38.6 Å². The molecule has 0 atom stereocenters. The first kappa shape index (κ1) is 35.7. The van der Waals surface area contributed by atoms with Crippen LogP contribution < -0.4 is 4.90 Å². The van der Waals surface area contributed by atoms with Crippen LogP contribution in [0.3, 0.4) is 0 Å². The zero-order valence-electron chi connectivity index (χ0n) is 33.8. The highest BCUT2D eigenvalue weighted by molar-refractivity contribution is 6.16. The summed E-state index contributed by atoms with van der Waals surface area (Å²) in [7, 11) is 0. The van der Waals surface area contributed by atoms with E-state index >= 15 is 0 Å². The van der Waals surface area contributed by atoms with E-state index in [9.17, 15) is 0 Å². The molecule has 0 aromatic heterocycles. The normalized spacial score (nSPS) is 12.6. The molecule has 0 unspecified atom stereocenters. The van der Waals surface area contributed by atoms with Crippen molar-refractivity contribution < 1.29 is 0 Å². The first-order valence-corrected chi connectivity index (χ1v) is 20.9. The average Bonchev–Trinajstić information content (AvgIpc) is 3.54. The summed E-state index contributed by atoms with van der Waals surface area (Å²) >= 11 is 0. The molecular weight excluding hydrogens is 723 g/mol. The molecule has 60 heavy (non-hydrogen) atoms. The first-order valence-electron chi connectivity index (χ1n) is 20.9. The quantitative estimate of drug-likeness (QED) is 0.146. The lowest BCUT2D eigenvalue weighted by molar-refractivity contribution is 0.660. The van der Waals surface area contributed by atoms with Crippen molar-refractivity contribution in [3.63, 3.8) is 0 Å². The zero-order valence-corrected chi connectivity index (χ0v) is 33.8. The van der Waals surface area contributed by atoms with E-state index in [2.05, 4.69) is 243 Å². The summed E-state index contributed by atoms with van der Waals surface area (Å²) in [6.45, 7) is 4.74. The molecule has 1 heteroatoms. The Bertz CT molecular complexity index is 3210. The molecule has 0 fully saturated rings. The van der Waals surface area contributed by atoms with Gasteiger partial charge in [0.05, 0.1) is 5.69 Å². The molecule has 284 valence electrons. The van der Waals surface area contributed by atoms with E-state index in [1.165, 1.54) is 88.3 Å². The Balaban J connectivity index is 1.21. The molecule has 0 radical (unpaired) electrons. The van der Waals surface area contributed by atoms with Gasteiger partial charge in [0.1, 0.15) is 0 Å². The number of nitrogens with zero attached hydrogens (tertiary/aromatic N) is 1. The lowest BCUT2D eigenvalue weighted by Gasteiger charge is -2.31. The molecule has 0 saturated heterocycles. The van der Waals surface area contributed by atoms with Gasteiger partial charge in [-0.1, -0.05) is 202 Å². The molecule has 1 aliphatic carbocycles. The molecule has 0 saturated carbocycles. The van der Waals surface area contributed by atoms with Gasteiger partial charge in [-0.3, -0.25) is 0 Å². The molecule has 10 aromatic carbocycles. The number of anilines is 3. The largest absolute Gasteiger partial charge is 0.310 e. The standard InChI is InChI=1S/C59H43N/c1-59(2)55-29-14-13-27-52(55)53-36-35-47(39-56(53)59)60(46-23-15-22-44(37-46)41-19-7-4-8-20-41)57-30-16-28-49(43-33-31-42(32-34-43)40-17-5-3-6-18-40)58(57)54-38-45-21-9-10-24-48(45)50-25-11-12-26-51(50)54/h3-39H,1-2H3. The predicted octanol–water partition coefficient (Wildman–Crippen LogP) is 16.4. The van der Waals surface area contributed by atoms with E-state index in [-0.39, 0.29) is 5.41 Å². The molecule has 0 spiro atoms. The summed E-state index contributed by atoms with van der Waals surface area (Å²) in [6, 6.07) is 82.6. The van der Waals surface area contributed by atoms with Crippen LogP contribution in [0.4, 0.5) is 17.1 Å². The molecule has 1 aliphatic rings. The topological polar surface area (TPSA) is 3.24 Å². The molecular formula is C59H43N. The van der Waals surface area contributed by atoms with E-state index in [0.29, 0.717) is 0 Å². The Labute approximate surface area is 352 Å². The van der Waals surface area contributed by atoms with Gasteiger partial charge in [0, 0.05) is 22.4 Å².